The molecular weight excluding hydrogens is 456 g/mol. The molecule has 0 bridgehead atoms. The molecule has 0 aliphatic carbocycles. The SMILES string of the molecule is CC(CNc1ccnc2cc(Cl)ccc12)Nc1nc(N2CCOCC2)nc(N2CCOCC2)n1. The van der Waals surface area contributed by atoms with E-state index in [-0.39, 0.29) is 6.04 Å². The predicted octanol–water partition coefficient (Wildman–Crippen LogP) is 2.66. The summed E-state index contributed by atoms with van der Waals surface area (Å²) in [6.45, 7) is 8.53. The number of morpholine rings is 2. The largest absolute Gasteiger partial charge is 0.382 e. The van der Waals surface area contributed by atoms with E-state index in [1.807, 2.05) is 24.3 Å². The molecule has 10 nitrogen and oxygen atoms in total. The molecule has 2 N–H and O–H groups in total. The molecule has 2 saturated heterocycles. The molecule has 2 fully saturated rings. The van der Waals surface area contributed by atoms with Gasteiger partial charge in [0.05, 0.1) is 31.9 Å². The number of benzene rings is 1. The van der Waals surface area contributed by atoms with E-state index < -0.39 is 0 Å². The van der Waals surface area contributed by atoms with Gasteiger partial charge in [0.1, 0.15) is 0 Å². The first-order valence-corrected chi connectivity index (χ1v) is 12.0. The molecule has 1 atom stereocenters. The summed E-state index contributed by atoms with van der Waals surface area (Å²) in [4.78, 5) is 22.9. The molecule has 3 aromatic rings. The van der Waals surface area contributed by atoms with Crippen molar-refractivity contribution in [2.24, 2.45) is 0 Å². The number of pyridine rings is 1. The first kappa shape index (κ1) is 22.8. The second-order valence-corrected chi connectivity index (χ2v) is 8.84. The van der Waals surface area contributed by atoms with Crippen LogP contribution in [0.1, 0.15) is 6.92 Å². The summed E-state index contributed by atoms with van der Waals surface area (Å²) in [6.07, 6.45) is 1.79. The van der Waals surface area contributed by atoms with Gasteiger partial charge in [-0.25, -0.2) is 0 Å². The zero-order valence-electron chi connectivity index (χ0n) is 19.2. The molecule has 0 spiro atoms. The highest BCUT2D eigenvalue weighted by molar-refractivity contribution is 6.31. The molecule has 5 rings (SSSR count). The lowest BCUT2D eigenvalue weighted by atomic mass is 10.2. The van der Waals surface area contributed by atoms with Crippen molar-refractivity contribution in [3.05, 3.63) is 35.5 Å². The number of aromatic nitrogens is 4. The summed E-state index contributed by atoms with van der Waals surface area (Å²) in [7, 11) is 0. The molecule has 1 aromatic carbocycles. The van der Waals surface area contributed by atoms with E-state index in [1.165, 1.54) is 0 Å². The topological polar surface area (TPSA) is 101 Å². The molecule has 0 saturated carbocycles. The van der Waals surface area contributed by atoms with Gasteiger partial charge in [0.2, 0.25) is 17.8 Å². The van der Waals surface area contributed by atoms with Crippen LogP contribution in [0.5, 0.6) is 0 Å². The molecule has 2 aliphatic rings. The second-order valence-electron chi connectivity index (χ2n) is 8.40. The molecule has 1 unspecified atom stereocenters. The van der Waals surface area contributed by atoms with Crippen LogP contribution in [-0.2, 0) is 9.47 Å². The van der Waals surface area contributed by atoms with E-state index >= 15 is 0 Å². The van der Waals surface area contributed by atoms with Gasteiger partial charge >= 0.3 is 0 Å². The van der Waals surface area contributed by atoms with Crippen molar-refractivity contribution in [2.45, 2.75) is 13.0 Å². The number of halogens is 1. The summed E-state index contributed by atoms with van der Waals surface area (Å²) in [5.41, 5.74) is 1.87. The molecule has 0 radical (unpaired) electrons. The van der Waals surface area contributed by atoms with Gasteiger partial charge in [-0.3, -0.25) is 4.98 Å². The molecule has 180 valence electrons. The monoisotopic (exact) mass is 484 g/mol. The van der Waals surface area contributed by atoms with Crippen LogP contribution in [0, 0.1) is 0 Å². The van der Waals surface area contributed by atoms with Crippen LogP contribution in [0.25, 0.3) is 10.9 Å². The third-order valence-corrected chi connectivity index (χ3v) is 6.11. The maximum Gasteiger partial charge on any atom is 0.232 e. The van der Waals surface area contributed by atoms with Crippen LogP contribution in [0.3, 0.4) is 0 Å². The molecule has 2 aliphatic heterocycles. The van der Waals surface area contributed by atoms with E-state index in [2.05, 4.69) is 32.3 Å². The Balaban J connectivity index is 1.31. The minimum absolute atomic E-state index is 0.0630. The Kier molecular flexibility index (Phi) is 7.08. The Bertz CT molecular complexity index is 1090. The lowest BCUT2D eigenvalue weighted by molar-refractivity contribution is 0.121. The minimum Gasteiger partial charge on any atom is -0.382 e. The van der Waals surface area contributed by atoms with E-state index in [1.54, 1.807) is 6.20 Å². The van der Waals surface area contributed by atoms with E-state index in [0.717, 1.165) is 42.8 Å². The fourth-order valence-electron chi connectivity index (χ4n) is 4.04. The minimum atomic E-state index is 0.0630. The third kappa shape index (κ3) is 5.40. The average Bonchev–Trinajstić information content (AvgIpc) is 2.88. The molecule has 2 aromatic heterocycles. The predicted molar refractivity (Wildman–Crippen MR) is 134 cm³/mol. The van der Waals surface area contributed by atoms with Gasteiger partial charge in [0.25, 0.3) is 0 Å². The van der Waals surface area contributed by atoms with Crippen LogP contribution >= 0.6 is 11.6 Å². The Morgan fingerprint density at radius 2 is 1.59 bits per heavy atom. The number of hydrogen-bond acceptors (Lipinski definition) is 10. The highest BCUT2D eigenvalue weighted by Gasteiger charge is 2.21. The first-order valence-electron chi connectivity index (χ1n) is 11.6. The number of nitrogens with zero attached hydrogens (tertiary/aromatic N) is 6. The normalized spacial score (nSPS) is 17.6. The van der Waals surface area contributed by atoms with Crippen LogP contribution in [-0.4, -0.2) is 85.1 Å². The Morgan fingerprint density at radius 1 is 0.941 bits per heavy atom. The second kappa shape index (κ2) is 10.5. The molecule has 0 amide bonds. The molecule has 11 heteroatoms. The molecule has 4 heterocycles. The van der Waals surface area contributed by atoms with Crippen molar-refractivity contribution in [1.82, 2.24) is 19.9 Å². The fourth-order valence-corrected chi connectivity index (χ4v) is 4.20. The van der Waals surface area contributed by atoms with Gasteiger partial charge in [0, 0.05) is 61.1 Å². The number of fused-ring (bicyclic) bond motifs is 1. The van der Waals surface area contributed by atoms with Crippen molar-refractivity contribution in [2.75, 3.05) is 79.6 Å². The zero-order valence-corrected chi connectivity index (χ0v) is 20.0. The van der Waals surface area contributed by atoms with Gasteiger partial charge in [-0.05, 0) is 31.2 Å². The van der Waals surface area contributed by atoms with Crippen molar-refractivity contribution in [3.8, 4) is 0 Å². The van der Waals surface area contributed by atoms with Crippen LogP contribution in [0.2, 0.25) is 5.02 Å². The van der Waals surface area contributed by atoms with Crippen molar-refractivity contribution < 1.29 is 9.47 Å². The van der Waals surface area contributed by atoms with Crippen LogP contribution in [0.15, 0.2) is 30.5 Å². The first-order chi connectivity index (χ1) is 16.7. The standard InChI is InChI=1S/C23H29ClN8O2/c1-16(15-26-19-4-5-25-20-14-17(24)2-3-18(19)20)27-21-28-22(31-6-10-33-11-7-31)30-23(29-21)32-8-12-34-13-9-32/h2-5,14,16H,6-13,15H2,1H3,(H,25,26)(H,27,28,29,30). The van der Waals surface area contributed by atoms with Gasteiger partial charge in [-0.1, -0.05) is 11.6 Å². The lowest BCUT2D eigenvalue weighted by Crippen LogP contribution is -2.40. The number of hydrogen-bond donors (Lipinski definition) is 2. The third-order valence-electron chi connectivity index (χ3n) is 5.88. The number of ether oxygens (including phenoxy) is 2. The molecular formula is C23H29ClN8O2. The van der Waals surface area contributed by atoms with Crippen LogP contribution < -0.4 is 20.4 Å². The van der Waals surface area contributed by atoms with E-state index in [4.69, 9.17) is 36.0 Å². The molecule has 34 heavy (non-hydrogen) atoms. The summed E-state index contributed by atoms with van der Waals surface area (Å²) in [5.74, 6) is 1.93. The Hall–Kier alpha value is -2.95. The summed E-state index contributed by atoms with van der Waals surface area (Å²) < 4.78 is 11.0. The van der Waals surface area contributed by atoms with Crippen molar-refractivity contribution in [3.63, 3.8) is 0 Å². The van der Waals surface area contributed by atoms with E-state index in [0.29, 0.717) is 55.8 Å². The van der Waals surface area contributed by atoms with Gasteiger partial charge in [-0.15, -0.1) is 0 Å². The van der Waals surface area contributed by atoms with Gasteiger partial charge in [0.15, 0.2) is 0 Å². The highest BCUT2D eigenvalue weighted by Crippen LogP contribution is 2.24. The quantitative estimate of drug-likeness (QED) is 0.520. The lowest BCUT2D eigenvalue weighted by Gasteiger charge is -2.30. The number of rotatable bonds is 7. The van der Waals surface area contributed by atoms with Crippen LogP contribution in [0.4, 0.5) is 23.5 Å². The summed E-state index contributed by atoms with van der Waals surface area (Å²) in [6, 6.07) is 7.77. The van der Waals surface area contributed by atoms with Gasteiger partial charge < -0.3 is 29.9 Å². The zero-order chi connectivity index (χ0) is 23.3. The smallest absolute Gasteiger partial charge is 0.232 e. The maximum atomic E-state index is 6.12. The summed E-state index contributed by atoms with van der Waals surface area (Å²) in [5, 5.41) is 8.67. The van der Waals surface area contributed by atoms with Crippen molar-refractivity contribution >= 4 is 46.0 Å². The average molecular weight is 485 g/mol. The van der Waals surface area contributed by atoms with E-state index in [9.17, 15) is 0 Å². The number of anilines is 4. The Morgan fingerprint density at radius 3 is 2.24 bits per heavy atom. The maximum absolute atomic E-state index is 6.12. The van der Waals surface area contributed by atoms with Gasteiger partial charge in [-0.2, -0.15) is 15.0 Å². The fraction of sp³-hybridized carbons (Fsp3) is 0.478. The summed E-state index contributed by atoms with van der Waals surface area (Å²) >= 11 is 6.12. The Labute approximate surface area is 203 Å². The highest BCUT2D eigenvalue weighted by atomic mass is 35.5. The van der Waals surface area contributed by atoms with Crippen molar-refractivity contribution in [1.29, 1.82) is 0 Å². The number of nitrogens with one attached hydrogen (secondary N) is 2.